The molecular weight excluding hydrogens is 350 g/mol. The Balaban J connectivity index is 1.46. The van der Waals surface area contributed by atoms with Crippen LogP contribution in [0.1, 0.15) is 43.6 Å². The summed E-state index contributed by atoms with van der Waals surface area (Å²) in [6.45, 7) is 0. The van der Waals surface area contributed by atoms with Gasteiger partial charge in [0.25, 0.3) is 0 Å². The monoisotopic (exact) mass is 369 g/mol. The molecule has 25 heavy (non-hydrogen) atoms. The predicted octanol–water partition coefficient (Wildman–Crippen LogP) is 6.65. The molecule has 0 amide bonds. The second kappa shape index (κ2) is 7.54. The summed E-state index contributed by atoms with van der Waals surface area (Å²) >= 11 is 7.41. The smallest absolute Gasteiger partial charge is 0.187 e. The van der Waals surface area contributed by atoms with Crippen LogP contribution in [0.2, 0.25) is 5.15 Å². The van der Waals surface area contributed by atoms with E-state index in [1.165, 1.54) is 37.7 Å². The van der Waals surface area contributed by atoms with Gasteiger partial charge in [0.05, 0.1) is 17.6 Å². The van der Waals surface area contributed by atoms with Gasteiger partial charge in [-0.15, -0.1) is 11.3 Å². The zero-order chi connectivity index (χ0) is 17.1. The first kappa shape index (κ1) is 16.6. The molecule has 0 aliphatic heterocycles. The molecule has 0 spiro atoms. The third-order valence-corrected chi connectivity index (χ3v) is 5.75. The maximum Gasteiger partial charge on any atom is 0.187 e. The molecule has 0 atom stereocenters. The molecule has 1 saturated carbocycles. The van der Waals surface area contributed by atoms with Gasteiger partial charge in [0.2, 0.25) is 0 Å². The van der Waals surface area contributed by atoms with Crippen molar-refractivity contribution in [3.8, 4) is 11.3 Å². The van der Waals surface area contributed by atoms with E-state index in [0.717, 1.165) is 28.0 Å². The number of aromatic nitrogens is 2. The number of nitrogens with zero attached hydrogens (tertiary/aromatic N) is 2. The highest BCUT2D eigenvalue weighted by atomic mass is 35.5. The number of benzene rings is 1. The van der Waals surface area contributed by atoms with Gasteiger partial charge < -0.3 is 5.32 Å². The molecule has 1 aliphatic rings. The topological polar surface area (TPSA) is 37.8 Å². The maximum atomic E-state index is 5.82. The summed E-state index contributed by atoms with van der Waals surface area (Å²) in [5.74, 6) is 0.743. The summed E-state index contributed by atoms with van der Waals surface area (Å²) in [5, 5.41) is 6.70. The van der Waals surface area contributed by atoms with Crippen LogP contribution < -0.4 is 5.32 Å². The summed E-state index contributed by atoms with van der Waals surface area (Å²) in [6.07, 6.45) is 8.51. The highest BCUT2D eigenvalue weighted by Gasteiger charge is 2.15. The minimum Gasteiger partial charge on any atom is -0.330 e. The molecule has 4 rings (SSSR count). The van der Waals surface area contributed by atoms with Crippen molar-refractivity contribution in [3.05, 3.63) is 58.7 Å². The van der Waals surface area contributed by atoms with Crippen LogP contribution in [-0.4, -0.2) is 9.97 Å². The van der Waals surface area contributed by atoms with Gasteiger partial charge in [-0.2, -0.15) is 0 Å². The second-order valence-electron chi connectivity index (χ2n) is 6.49. The number of anilines is 2. The molecule has 128 valence electrons. The normalized spacial score (nSPS) is 15.2. The summed E-state index contributed by atoms with van der Waals surface area (Å²) in [7, 11) is 0. The molecule has 1 aliphatic carbocycles. The fraction of sp³-hybridized carbons (Fsp3) is 0.300. The lowest BCUT2D eigenvalue weighted by Crippen LogP contribution is -2.04. The number of hydrogen-bond acceptors (Lipinski definition) is 4. The van der Waals surface area contributed by atoms with E-state index in [4.69, 9.17) is 11.6 Å². The molecule has 0 radical (unpaired) electrons. The van der Waals surface area contributed by atoms with Crippen LogP contribution in [-0.2, 0) is 0 Å². The molecule has 3 nitrogen and oxygen atoms in total. The summed E-state index contributed by atoms with van der Waals surface area (Å²) in [6, 6.07) is 12.6. The number of thiazole rings is 1. The fourth-order valence-corrected chi connectivity index (χ4v) is 4.25. The van der Waals surface area contributed by atoms with Crippen molar-refractivity contribution in [3.63, 3.8) is 0 Å². The zero-order valence-corrected chi connectivity index (χ0v) is 15.5. The Hall–Kier alpha value is -1.91. The lowest BCUT2D eigenvalue weighted by molar-refractivity contribution is 0.443. The molecule has 3 aromatic rings. The van der Waals surface area contributed by atoms with Gasteiger partial charge in [-0.05, 0) is 36.5 Å². The lowest BCUT2D eigenvalue weighted by atomic mass is 9.84. The van der Waals surface area contributed by atoms with Crippen molar-refractivity contribution in [1.29, 1.82) is 0 Å². The van der Waals surface area contributed by atoms with E-state index in [2.05, 4.69) is 44.9 Å². The van der Waals surface area contributed by atoms with Crippen LogP contribution in [0, 0.1) is 0 Å². The predicted molar refractivity (Wildman–Crippen MR) is 106 cm³/mol. The summed E-state index contributed by atoms with van der Waals surface area (Å²) < 4.78 is 0. The molecule has 2 aromatic heterocycles. The minimum atomic E-state index is 0.489. The second-order valence-corrected chi connectivity index (χ2v) is 7.73. The Morgan fingerprint density at radius 3 is 2.52 bits per heavy atom. The van der Waals surface area contributed by atoms with E-state index in [-0.39, 0.29) is 0 Å². The number of halogens is 1. The average molecular weight is 370 g/mol. The third-order valence-electron chi connectivity index (χ3n) is 4.77. The van der Waals surface area contributed by atoms with E-state index >= 15 is 0 Å². The van der Waals surface area contributed by atoms with Crippen molar-refractivity contribution in [2.45, 2.75) is 38.0 Å². The van der Waals surface area contributed by atoms with Crippen molar-refractivity contribution < 1.29 is 0 Å². The van der Waals surface area contributed by atoms with Crippen molar-refractivity contribution >= 4 is 33.8 Å². The van der Waals surface area contributed by atoms with Crippen LogP contribution in [0.3, 0.4) is 0 Å². The van der Waals surface area contributed by atoms with Crippen LogP contribution in [0.25, 0.3) is 11.3 Å². The van der Waals surface area contributed by atoms with Gasteiger partial charge in [0.1, 0.15) is 5.15 Å². The molecule has 5 heteroatoms. The van der Waals surface area contributed by atoms with Gasteiger partial charge in [-0.25, -0.2) is 9.97 Å². The van der Waals surface area contributed by atoms with E-state index < -0.39 is 0 Å². The van der Waals surface area contributed by atoms with E-state index in [0.29, 0.717) is 5.15 Å². The quantitative estimate of drug-likeness (QED) is 0.523. The van der Waals surface area contributed by atoms with Gasteiger partial charge >= 0.3 is 0 Å². The van der Waals surface area contributed by atoms with Gasteiger partial charge in [0.15, 0.2) is 5.13 Å². The first-order valence-corrected chi connectivity index (χ1v) is 9.98. The minimum absolute atomic E-state index is 0.489. The molecule has 0 bridgehead atoms. The number of nitrogens with one attached hydrogen (secondary N) is 1. The Labute approximate surface area is 157 Å². The van der Waals surface area contributed by atoms with Gasteiger partial charge in [-0.1, -0.05) is 55.1 Å². The molecule has 1 N–H and O–H groups in total. The first-order chi connectivity index (χ1) is 12.3. The van der Waals surface area contributed by atoms with E-state index in [1.807, 2.05) is 6.07 Å². The largest absolute Gasteiger partial charge is 0.330 e. The molecule has 0 unspecified atom stereocenters. The SMILES string of the molecule is Clc1ccc(Nc2nc(-c3ccc(C4CCCCC4)cc3)cs2)cn1. The lowest BCUT2D eigenvalue weighted by Gasteiger charge is -2.22. The van der Waals surface area contributed by atoms with Crippen LogP contribution in [0.15, 0.2) is 48.0 Å². The van der Waals surface area contributed by atoms with Crippen LogP contribution >= 0.6 is 22.9 Å². The number of pyridine rings is 1. The highest BCUT2D eigenvalue weighted by molar-refractivity contribution is 7.14. The molecular formula is C20H20ClN3S. The Morgan fingerprint density at radius 2 is 1.80 bits per heavy atom. The Kier molecular flexibility index (Phi) is 4.99. The maximum absolute atomic E-state index is 5.82. The van der Waals surface area contributed by atoms with E-state index in [1.54, 1.807) is 23.6 Å². The van der Waals surface area contributed by atoms with Crippen molar-refractivity contribution in [2.24, 2.45) is 0 Å². The summed E-state index contributed by atoms with van der Waals surface area (Å²) in [4.78, 5) is 8.76. The van der Waals surface area contributed by atoms with Gasteiger partial charge in [0, 0.05) is 10.9 Å². The molecule has 0 saturated heterocycles. The summed E-state index contributed by atoms with van der Waals surface area (Å²) in [5.41, 5.74) is 4.53. The molecule has 2 heterocycles. The number of rotatable bonds is 4. The Bertz CT molecular complexity index is 821. The average Bonchev–Trinajstić information content (AvgIpc) is 3.13. The third kappa shape index (κ3) is 4.02. The van der Waals surface area contributed by atoms with E-state index in [9.17, 15) is 0 Å². The van der Waals surface area contributed by atoms with Crippen molar-refractivity contribution in [1.82, 2.24) is 9.97 Å². The first-order valence-electron chi connectivity index (χ1n) is 8.72. The van der Waals surface area contributed by atoms with Crippen LogP contribution in [0.5, 0.6) is 0 Å². The molecule has 1 fully saturated rings. The van der Waals surface area contributed by atoms with Crippen LogP contribution in [0.4, 0.5) is 10.8 Å². The standard InChI is InChI=1S/C20H20ClN3S/c21-19-11-10-17(12-22-19)23-20-24-18(13-25-20)16-8-6-15(7-9-16)14-4-2-1-3-5-14/h6-14H,1-5H2,(H,23,24). The van der Waals surface area contributed by atoms with Gasteiger partial charge in [-0.3, -0.25) is 0 Å². The van der Waals surface area contributed by atoms with Crippen molar-refractivity contribution in [2.75, 3.05) is 5.32 Å². The molecule has 1 aromatic carbocycles. The number of hydrogen-bond donors (Lipinski definition) is 1. The fourth-order valence-electron chi connectivity index (χ4n) is 3.40. The Morgan fingerprint density at radius 1 is 1.00 bits per heavy atom. The zero-order valence-electron chi connectivity index (χ0n) is 13.9. The highest BCUT2D eigenvalue weighted by Crippen LogP contribution is 2.34.